The second kappa shape index (κ2) is 9.98. The molecule has 0 bridgehead atoms. The van der Waals surface area contributed by atoms with Gasteiger partial charge in [0.15, 0.2) is 0 Å². The van der Waals surface area contributed by atoms with Crippen molar-refractivity contribution in [3.05, 3.63) is 0 Å². The Morgan fingerprint density at radius 1 is 1.60 bits per heavy atom. The van der Waals surface area contributed by atoms with Crippen molar-refractivity contribution in [1.29, 1.82) is 0 Å². The Balaban J connectivity index is 0. The second-order valence-corrected chi connectivity index (χ2v) is 4.03. The number of rotatable bonds is 7. The monoisotopic (exact) mass is 235 g/mol. The minimum absolute atomic E-state index is 0. The molecule has 1 atom stereocenters. The minimum atomic E-state index is -0.417. The van der Waals surface area contributed by atoms with Gasteiger partial charge >= 0.3 is 0 Å². The zero-order chi connectivity index (χ0) is 11.0. The van der Waals surface area contributed by atoms with E-state index in [1.165, 1.54) is 11.8 Å². The van der Waals surface area contributed by atoms with Crippen molar-refractivity contribution >= 4 is 24.0 Å². The molecule has 0 saturated carbocycles. The molecule has 4 nitrogen and oxygen atoms in total. The zero-order valence-electron chi connectivity index (χ0n) is 8.86. The fraction of sp³-hybridized carbons (Fsp3) is 0.800. The van der Waals surface area contributed by atoms with Crippen molar-refractivity contribution in [1.82, 2.24) is 4.90 Å². The Morgan fingerprint density at radius 2 is 2.20 bits per heavy atom. The number of aldehydes is 1. The fourth-order valence-electron chi connectivity index (χ4n) is 0.847. The molecule has 15 heavy (non-hydrogen) atoms. The molecule has 0 radical (unpaired) electrons. The zero-order valence-corrected chi connectivity index (χ0v) is 9.67. The summed E-state index contributed by atoms with van der Waals surface area (Å²) in [5.74, 6) is 1.38. The van der Waals surface area contributed by atoms with Crippen LogP contribution >= 0.6 is 11.8 Å². The number of carbonyl (C=O) groups is 2. The van der Waals surface area contributed by atoms with Gasteiger partial charge in [0.1, 0.15) is 13.0 Å². The molecule has 1 unspecified atom stereocenters. The van der Waals surface area contributed by atoms with E-state index in [-0.39, 0.29) is 20.1 Å². The molecule has 0 spiro atoms. The van der Waals surface area contributed by atoms with Crippen LogP contribution in [0.5, 0.6) is 0 Å². The van der Waals surface area contributed by atoms with Crippen LogP contribution in [0.3, 0.4) is 0 Å². The molecule has 1 amide bonds. The molecule has 0 heterocycles. The van der Waals surface area contributed by atoms with E-state index < -0.39 is 6.04 Å². The average Bonchev–Trinajstić information content (AvgIpc) is 2.16. The first-order valence-corrected chi connectivity index (χ1v) is 5.67. The molecule has 0 rings (SSSR count). The topological polar surface area (TPSA) is 46.6 Å². The lowest BCUT2D eigenvalue weighted by atomic mass is 10.3. The third-order valence-corrected chi connectivity index (χ3v) is 2.44. The molecule has 0 saturated heterocycles. The van der Waals surface area contributed by atoms with Gasteiger partial charge in [-0.15, -0.1) is 11.8 Å². The van der Waals surface area contributed by atoms with Gasteiger partial charge in [-0.05, 0) is 12.7 Å². The summed E-state index contributed by atoms with van der Waals surface area (Å²) in [6.45, 7) is 5.31. The number of thioether (sulfide) groups is 1. The minimum Gasteiger partial charge on any atom is -0.350 e. The summed E-state index contributed by atoms with van der Waals surface area (Å²) in [5, 5.41) is 0. The van der Waals surface area contributed by atoms with Gasteiger partial charge in [0, 0.05) is 6.92 Å². The molecular formula is C10H21NO3S. The van der Waals surface area contributed by atoms with Crippen molar-refractivity contribution in [2.75, 3.05) is 18.4 Å². The van der Waals surface area contributed by atoms with E-state index in [1.54, 1.807) is 18.7 Å². The van der Waals surface area contributed by atoms with E-state index >= 15 is 0 Å². The SMILES string of the molecule is C.CCSCOCN(C(C)=O)C(C)C=O. The van der Waals surface area contributed by atoms with Crippen LogP contribution in [0, 0.1) is 0 Å². The molecule has 0 aromatic carbocycles. The van der Waals surface area contributed by atoms with Gasteiger partial charge in [0.05, 0.1) is 12.0 Å². The summed E-state index contributed by atoms with van der Waals surface area (Å²) in [4.78, 5) is 23.0. The molecule has 5 heteroatoms. The maximum absolute atomic E-state index is 11.1. The van der Waals surface area contributed by atoms with Crippen LogP contribution in [0.1, 0.15) is 28.2 Å². The van der Waals surface area contributed by atoms with Gasteiger partial charge in [-0.3, -0.25) is 4.79 Å². The molecule has 90 valence electrons. The Kier molecular flexibility index (Phi) is 11.2. The average molecular weight is 235 g/mol. The Hall–Kier alpha value is -0.550. The van der Waals surface area contributed by atoms with Gasteiger partial charge in [-0.2, -0.15) is 0 Å². The standard InChI is InChI=1S/C9H17NO3S.CH4/c1-4-14-7-13-6-10(9(3)12)8(2)5-11;/h5,8H,4,6-7H2,1-3H3;1H4. The van der Waals surface area contributed by atoms with Crippen molar-refractivity contribution in [2.45, 2.75) is 34.2 Å². The smallest absolute Gasteiger partial charge is 0.221 e. The van der Waals surface area contributed by atoms with Crippen LogP contribution in [-0.2, 0) is 14.3 Å². The fourth-order valence-corrected chi connectivity index (χ4v) is 1.21. The van der Waals surface area contributed by atoms with E-state index in [2.05, 4.69) is 0 Å². The van der Waals surface area contributed by atoms with Crippen LogP contribution in [-0.4, -0.2) is 41.6 Å². The second-order valence-electron chi connectivity index (χ2n) is 2.81. The number of ether oxygens (including phenoxy) is 1. The summed E-state index contributed by atoms with van der Waals surface area (Å²) in [7, 11) is 0. The Labute approximate surface area is 96.3 Å². The summed E-state index contributed by atoms with van der Waals surface area (Å²) in [6, 6.07) is -0.417. The van der Waals surface area contributed by atoms with E-state index in [4.69, 9.17) is 4.74 Å². The van der Waals surface area contributed by atoms with Crippen LogP contribution in [0.25, 0.3) is 0 Å². The molecular weight excluding hydrogens is 214 g/mol. The van der Waals surface area contributed by atoms with Crippen molar-refractivity contribution in [2.24, 2.45) is 0 Å². The predicted octanol–water partition coefficient (Wildman–Crippen LogP) is 1.74. The molecule has 0 aliphatic rings. The van der Waals surface area contributed by atoms with Gasteiger partial charge in [-0.1, -0.05) is 14.4 Å². The molecule has 0 aromatic rings. The van der Waals surface area contributed by atoms with Gasteiger partial charge in [0.2, 0.25) is 5.91 Å². The normalized spacial score (nSPS) is 11.4. The highest BCUT2D eigenvalue weighted by molar-refractivity contribution is 7.99. The highest BCUT2D eigenvalue weighted by Gasteiger charge is 2.15. The van der Waals surface area contributed by atoms with Crippen LogP contribution in [0.15, 0.2) is 0 Å². The first-order valence-electron chi connectivity index (χ1n) is 4.51. The molecule has 0 aliphatic heterocycles. The first-order chi connectivity index (χ1) is 6.63. The maximum atomic E-state index is 11.1. The summed E-state index contributed by atoms with van der Waals surface area (Å²) < 4.78 is 5.23. The first kappa shape index (κ1) is 16.9. The highest BCUT2D eigenvalue weighted by atomic mass is 32.2. The lowest BCUT2D eigenvalue weighted by molar-refractivity contribution is -0.139. The van der Waals surface area contributed by atoms with E-state index in [0.29, 0.717) is 5.94 Å². The van der Waals surface area contributed by atoms with Crippen molar-refractivity contribution in [3.63, 3.8) is 0 Å². The Bertz CT molecular complexity index is 188. The molecule has 0 N–H and O–H groups in total. The van der Waals surface area contributed by atoms with Crippen LogP contribution < -0.4 is 0 Å². The molecule has 0 aliphatic carbocycles. The van der Waals surface area contributed by atoms with E-state index in [0.717, 1.165) is 12.0 Å². The van der Waals surface area contributed by atoms with Gasteiger partial charge in [-0.25, -0.2) is 0 Å². The lowest BCUT2D eigenvalue weighted by Crippen LogP contribution is -2.39. The third-order valence-electron chi connectivity index (χ3n) is 1.69. The van der Waals surface area contributed by atoms with Crippen LogP contribution in [0.2, 0.25) is 0 Å². The predicted molar refractivity (Wildman–Crippen MR) is 63.7 cm³/mol. The maximum Gasteiger partial charge on any atom is 0.221 e. The number of hydrogen-bond donors (Lipinski definition) is 0. The molecule has 0 fully saturated rings. The number of hydrogen-bond acceptors (Lipinski definition) is 4. The summed E-state index contributed by atoms with van der Waals surface area (Å²) >= 11 is 1.63. The van der Waals surface area contributed by atoms with E-state index in [1.807, 2.05) is 6.92 Å². The summed E-state index contributed by atoms with van der Waals surface area (Å²) in [6.07, 6.45) is 0.734. The molecule has 0 aromatic heterocycles. The van der Waals surface area contributed by atoms with Gasteiger partial charge < -0.3 is 14.4 Å². The number of amides is 1. The highest BCUT2D eigenvalue weighted by Crippen LogP contribution is 2.02. The van der Waals surface area contributed by atoms with Gasteiger partial charge in [0.25, 0.3) is 0 Å². The summed E-state index contributed by atoms with van der Waals surface area (Å²) in [5.41, 5.74) is 0. The number of carbonyl (C=O) groups excluding carboxylic acids is 2. The quantitative estimate of drug-likeness (QED) is 0.383. The lowest BCUT2D eigenvalue weighted by Gasteiger charge is -2.23. The largest absolute Gasteiger partial charge is 0.350 e. The Morgan fingerprint density at radius 3 is 2.60 bits per heavy atom. The third kappa shape index (κ3) is 7.39. The van der Waals surface area contributed by atoms with E-state index in [9.17, 15) is 9.59 Å². The van der Waals surface area contributed by atoms with Crippen molar-refractivity contribution in [3.8, 4) is 0 Å². The van der Waals surface area contributed by atoms with Crippen LogP contribution in [0.4, 0.5) is 0 Å². The van der Waals surface area contributed by atoms with Crippen molar-refractivity contribution < 1.29 is 14.3 Å². The number of nitrogens with zero attached hydrogens (tertiary/aromatic N) is 1.